The largest absolute Gasteiger partial charge is 0.478 e. The Bertz CT molecular complexity index is 548. The number of hydrazone groups is 1. The van der Waals surface area contributed by atoms with Crippen LogP contribution >= 0.6 is 0 Å². The van der Waals surface area contributed by atoms with Gasteiger partial charge in [0.15, 0.2) is 0 Å². The predicted octanol–water partition coefficient (Wildman–Crippen LogP) is 1.51. The molecule has 0 spiro atoms. The first-order valence-electron chi connectivity index (χ1n) is 4.56. The highest BCUT2D eigenvalue weighted by molar-refractivity contribution is 6.10. The Morgan fingerprint density at radius 2 is 2.06 bits per heavy atom. The molecular formula is C11H8N4O2. The summed E-state index contributed by atoms with van der Waals surface area (Å²) in [5.41, 5.74) is 3.06. The molecule has 6 nitrogen and oxygen atoms in total. The van der Waals surface area contributed by atoms with Gasteiger partial charge < -0.3 is 5.11 Å². The van der Waals surface area contributed by atoms with Crippen LogP contribution in [0.2, 0.25) is 0 Å². The number of rotatable bonds is 3. The number of anilines is 1. The molecule has 0 aliphatic heterocycles. The third-order valence-electron chi connectivity index (χ3n) is 1.91. The van der Waals surface area contributed by atoms with Gasteiger partial charge >= 0.3 is 5.97 Å². The molecule has 0 unspecified atom stereocenters. The molecule has 1 aromatic rings. The monoisotopic (exact) mass is 228 g/mol. The molecule has 0 aliphatic rings. The normalized spacial score (nSPS) is 8.65. The minimum absolute atomic E-state index is 0.0315. The van der Waals surface area contributed by atoms with Crippen LogP contribution in [0.25, 0.3) is 0 Å². The van der Waals surface area contributed by atoms with Crippen molar-refractivity contribution in [3.05, 3.63) is 29.3 Å². The van der Waals surface area contributed by atoms with Crippen LogP contribution in [0.1, 0.15) is 15.9 Å². The molecule has 0 heterocycles. The van der Waals surface area contributed by atoms with Gasteiger partial charge in [-0.1, -0.05) is 11.6 Å². The quantitative estimate of drug-likeness (QED) is 0.601. The highest BCUT2D eigenvalue weighted by Gasteiger charge is 2.09. The van der Waals surface area contributed by atoms with E-state index < -0.39 is 5.97 Å². The number of hydrogen-bond acceptors (Lipinski definition) is 5. The van der Waals surface area contributed by atoms with Gasteiger partial charge in [0.1, 0.15) is 12.1 Å². The summed E-state index contributed by atoms with van der Waals surface area (Å²) in [6, 6.07) is 7.81. The summed E-state index contributed by atoms with van der Waals surface area (Å²) in [6.07, 6.45) is 0. The van der Waals surface area contributed by atoms with Crippen molar-refractivity contribution in [3.8, 4) is 12.1 Å². The minimum Gasteiger partial charge on any atom is -0.478 e. The molecule has 0 atom stereocenters. The highest BCUT2D eigenvalue weighted by Crippen LogP contribution is 2.17. The molecular weight excluding hydrogens is 220 g/mol. The summed E-state index contributed by atoms with van der Waals surface area (Å²) < 4.78 is 0. The van der Waals surface area contributed by atoms with Crippen molar-refractivity contribution in [1.82, 2.24) is 0 Å². The number of aromatic carboxylic acids is 1. The number of aryl methyl sites for hydroxylation is 1. The highest BCUT2D eigenvalue weighted by atomic mass is 16.4. The zero-order valence-electron chi connectivity index (χ0n) is 8.93. The molecule has 0 radical (unpaired) electrons. The third-order valence-corrected chi connectivity index (χ3v) is 1.91. The first-order valence-corrected chi connectivity index (χ1v) is 4.56. The third kappa shape index (κ3) is 3.05. The maximum atomic E-state index is 10.9. The van der Waals surface area contributed by atoms with Crippen molar-refractivity contribution in [2.24, 2.45) is 5.10 Å². The molecule has 0 amide bonds. The summed E-state index contributed by atoms with van der Waals surface area (Å²) in [7, 11) is 0. The molecule has 17 heavy (non-hydrogen) atoms. The van der Waals surface area contributed by atoms with Gasteiger partial charge in [0, 0.05) is 0 Å². The second-order valence-electron chi connectivity index (χ2n) is 3.15. The summed E-state index contributed by atoms with van der Waals surface area (Å²) in [4.78, 5) is 10.9. The standard InChI is InChI=1S/C11H8N4O2/c1-7-2-3-10(9(4-7)11(16)17)15-14-8(5-12)6-13/h2-4,15H,1H3,(H,16,17). The number of carboxylic acids is 1. The second-order valence-corrected chi connectivity index (χ2v) is 3.15. The lowest BCUT2D eigenvalue weighted by atomic mass is 10.1. The van der Waals surface area contributed by atoms with Crippen molar-refractivity contribution < 1.29 is 9.90 Å². The fourth-order valence-electron chi connectivity index (χ4n) is 1.12. The van der Waals surface area contributed by atoms with E-state index >= 15 is 0 Å². The molecule has 2 N–H and O–H groups in total. The fraction of sp³-hybridized carbons (Fsp3) is 0.0909. The van der Waals surface area contributed by atoms with Crippen LogP contribution in [0.5, 0.6) is 0 Å². The van der Waals surface area contributed by atoms with Gasteiger partial charge in [-0.15, -0.1) is 0 Å². The van der Waals surface area contributed by atoms with Gasteiger partial charge in [0.2, 0.25) is 5.71 Å². The Hall–Kier alpha value is -2.86. The maximum Gasteiger partial charge on any atom is 0.337 e. The minimum atomic E-state index is -1.11. The van der Waals surface area contributed by atoms with Crippen LogP contribution in [0, 0.1) is 29.6 Å². The van der Waals surface area contributed by atoms with Crippen molar-refractivity contribution in [2.45, 2.75) is 6.92 Å². The van der Waals surface area contributed by atoms with E-state index in [-0.39, 0.29) is 17.0 Å². The maximum absolute atomic E-state index is 10.9. The Morgan fingerprint density at radius 3 is 2.59 bits per heavy atom. The Morgan fingerprint density at radius 1 is 1.41 bits per heavy atom. The SMILES string of the molecule is Cc1ccc(NN=C(C#N)C#N)c(C(=O)O)c1. The summed E-state index contributed by atoms with van der Waals surface area (Å²) in [5.74, 6) is -1.11. The number of nitrogens with zero attached hydrogens (tertiary/aromatic N) is 3. The Balaban J connectivity index is 3.09. The first-order chi connectivity index (χ1) is 8.08. The molecule has 0 fully saturated rings. The lowest BCUT2D eigenvalue weighted by molar-refractivity contribution is 0.0698. The number of nitriles is 2. The predicted molar refractivity (Wildman–Crippen MR) is 60.4 cm³/mol. The van der Waals surface area contributed by atoms with E-state index in [0.29, 0.717) is 0 Å². The van der Waals surface area contributed by atoms with Crippen molar-refractivity contribution >= 4 is 17.4 Å². The molecule has 0 aromatic heterocycles. The Kier molecular flexibility index (Phi) is 3.80. The number of nitrogens with one attached hydrogen (secondary N) is 1. The van der Waals surface area contributed by atoms with Gasteiger partial charge in [0.05, 0.1) is 11.3 Å². The van der Waals surface area contributed by atoms with Crippen molar-refractivity contribution in [2.75, 3.05) is 5.43 Å². The molecule has 84 valence electrons. The number of benzene rings is 1. The van der Waals surface area contributed by atoms with E-state index in [2.05, 4.69) is 10.5 Å². The molecule has 0 saturated heterocycles. The van der Waals surface area contributed by atoms with Gasteiger partial charge in [-0.2, -0.15) is 15.6 Å². The molecule has 0 bridgehead atoms. The number of carbonyl (C=O) groups is 1. The Labute approximate surface area is 97.4 Å². The van der Waals surface area contributed by atoms with Crippen molar-refractivity contribution in [1.29, 1.82) is 10.5 Å². The zero-order chi connectivity index (χ0) is 12.8. The summed E-state index contributed by atoms with van der Waals surface area (Å²) >= 11 is 0. The zero-order valence-corrected chi connectivity index (χ0v) is 8.93. The van der Waals surface area contributed by atoms with E-state index in [1.807, 2.05) is 0 Å². The van der Waals surface area contributed by atoms with Crippen LogP contribution in [0.3, 0.4) is 0 Å². The van der Waals surface area contributed by atoms with E-state index in [0.717, 1.165) is 5.56 Å². The molecule has 0 aliphatic carbocycles. The van der Waals surface area contributed by atoms with Crippen LogP contribution in [0.15, 0.2) is 23.3 Å². The average Bonchev–Trinajstić information content (AvgIpc) is 2.31. The topological polar surface area (TPSA) is 109 Å². The van der Waals surface area contributed by atoms with Crippen LogP contribution in [0.4, 0.5) is 5.69 Å². The van der Waals surface area contributed by atoms with Gasteiger partial charge in [-0.3, -0.25) is 5.43 Å². The summed E-state index contributed by atoms with van der Waals surface area (Å²) in [5, 5.41) is 29.4. The number of hydrogen-bond donors (Lipinski definition) is 2. The van der Waals surface area contributed by atoms with E-state index in [9.17, 15) is 4.79 Å². The first kappa shape index (κ1) is 12.2. The molecule has 1 aromatic carbocycles. The lowest BCUT2D eigenvalue weighted by Crippen LogP contribution is -2.04. The second kappa shape index (κ2) is 5.29. The van der Waals surface area contributed by atoms with Gasteiger partial charge in [-0.05, 0) is 19.1 Å². The fourth-order valence-corrected chi connectivity index (χ4v) is 1.12. The van der Waals surface area contributed by atoms with E-state index in [4.69, 9.17) is 15.6 Å². The molecule has 6 heteroatoms. The van der Waals surface area contributed by atoms with Crippen LogP contribution in [-0.4, -0.2) is 16.8 Å². The van der Waals surface area contributed by atoms with Crippen LogP contribution in [-0.2, 0) is 0 Å². The van der Waals surface area contributed by atoms with E-state index in [1.165, 1.54) is 12.1 Å². The lowest BCUT2D eigenvalue weighted by Gasteiger charge is -2.05. The van der Waals surface area contributed by atoms with Crippen molar-refractivity contribution in [3.63, 3.8) is 0 Å². The van der Waals surface area contributed by atoms with Gasteiger partial charge in [0.25, 0.3) is 0 Å². The molecule has 1 rings (SSSR count). The van der Waals surface area contributed by atoms with Crippen LogP contribution < -0.4 is 5.43 Å². The van der Waals surface area contributed by atoms with E-state index in [1.54, 1.807) is 25.1 Å². The number of carboxylic acid groups (broad SMARTS) is 1. The smallest absolute Gasteiger partial charge is 0.337 e. The van der Waals surface area contributed by atoms with Gasteiger partial charge in [-0.25, -0.2) is 4.79 Å². The average molecular weight is 228 g/mol. The summed E-state index contributed by atoms with van der Waals surface area (Å²) in [6.45, 7) is 1.76. The molecule has 0 saturated carbocycles.